The van der Waals surface area contributed by atoms with Gasteiger partial charge in [0.15, 0.2) is 0 Å². The molecule has 0 spiro atoms. The molecule has 0 saturated carbocycles. The van der Waals surface area contributed by atoms with E-state index in [1.165, 1.54) is 5.56 Å². The van der Waals surface area contributed by atoms with Gasteiger partial charge in [0.2, 0.25) is 0 Å². The number of pyridine rings is 1. The summed E-state index contributed by atoms with van der Waals surface area (Å²) in [5.74, 6) is 0.873. The summed E-state index contributed by atoms with van der Waals surface area (Å²) in [5.41, 5.74) is 2.34. The first kappa shape index (κ1) is 14.0. The third-order valence-corrected chi connectivity index (χ3v) is 3.93. The zero-order chi connectivity index (χ0) is 13.7. The molecular weight excluding hydrogens is 304 g/mol. The lowest BCUT2D eigenvalue weighted by Crippen LogP contribution is -2.27. The summed E-state index contributed by atoms with van der Waals surface area (Å²) in [6.45, 7) is 3.43. The maximum atomic E-state index is 9.25. The number of anilines is 1. The summed E-state index contributed by atoms with van der Waals surface area (Å²) in [5, 5.41) is 9.25. The number of hydrogen-bond acceptors (Lipinski definition) is 3. The Morgan fingerprint density at radius 3 is 2.63 bits per heavy atom. The predicted molar refractivity (Wildman–Crippen MR) is 81.3 cm³/mol. The lowest BCUT2D eigenvalue weighted by Gasteiger charge is -2.24. The first-order chi connectivity index (χ1) is 9.22. The Bertz CT molecular complexity index is 531. The van der Waals surface area contributed by atoms with Crippen molar-refractivity contribution in [3.63, 3.8) is 0 Å². The molecule has 0 aliphatic rings. The minimum atomic E-state index is 0.106. The highest BCUT2D eigenvalue weighted by Crippen LogP contribution is 2.27. The molecule has 1 N–H and O–H groups in total. The third kappa shape index (κ3) is 3.55. The molecule has 19 heavy (non-hydrogen) atoms. The van der Waals surface area contributed by atoms with E-state index in [1.807, 2.05) is 31.2 Å². The standard InChI is InChI=1S/C15H17BrN2O/c1-12-7-8-17-15(14(12)16)18(9-10-19)11-13-5-3-2-4-6-13/h2-8,19H,9-11H2,1H3. The number of hydrogen-bond donors (Lipinski definition) is 1. The number of aromatic nitrogens is 1. The molecule has 0 bridgehead atoms. The third-order valence-electron chi connectivity index (χ3n) is 2.95. The summed E-state index contributed by atoms with van der Waals surface area (Å²) >= 11 is 3.58. The molecule has 2 aromatic rings. The summed E-state index contributed by atoms with van der Waals surface area (Å²) in [6, 6.07) is 12.2. The highest BCUT2D eigenvalue weighted by Gasteiger charge is 2.13. The summed E-state index contributed by atoms with van der Waals surface area (Å²) in [4.78, 5) is 6.50. The topological polar surface area (TPSA) is 36.4 Å². The second kappa shape index (κ2) is 6.68. The fourth-order valence-electron chi connectivity index (χ4n) is 1.93. The smallest absolute Gasteiger partial charge is 0.143 e. The lowest BCUT2D eigenvalue weighted by atomic mass is 10.2. The minimum absolute atomic E-state index is 0.106. The Hall–Kier alpha value is -1.39. The number of rotatable bonds is 5. The van der Waals surface area contributed by atoms with Crippen molar-refractivity contribution in [2.45, 2.75) is 13.5 Å². The summed E-state index contributed by atoms with van der Waals surface area (Å²) in [6.07, 6.45) is 1.80. The van der Waals surface area contributed by atoms with Gasteiger partial charge >= 0.3 is 0 Å². The molecule has 100 valence electrons. The average Bonchev–Trinajstić information content (AvgIpc) is 2.43. The largest absolute Gasteiger partial charge is 0.395 e. The van der Waals surface area contributed by atoms with E-state index in [4.69, 9.17) is 0 Å². The van der Waals surface area contributed by atoms with Crippen molar-refractivity contribution in [2.24, 2.45) is 0 Å². The van der Waals surface area contributed by atoms with Gasteiger partial charge in [-0.3, -0.25) is 0 Å². The van der Waals surface area contributed by atoms with Crippen molar-refractivity contribution < 1.29 is 5.11 Å². The van der Waals surface area contributed by atoms with Gasteiger partial charge in [0.25, 0.3) is 0 Å². The highest BCUT2D eigenvalue weighted by molar-refractivity contribution is 9.10. The van der Waals surface area contributed by atoms with Crippen molar-refractivity contribution in [2.75, 3.05) is 18.1 Å². The van der Waals surface area contributed by atoms with Crippen LogP contribution < -0.4 is 4.90 Å². The van der Waals surface area contributed by atoms with Gasteiger partial charge in [-0.2, -0.15) is 0 Å². The van der Waals surface area contributed by atoms with Crippen molar-refractivity contribution in [1.82, 2.24) is 4.98 Å². The van der Waals surface area contributed by atoms with E-state index in [9.17, 15) is 5.11 Å². The molecule has 0 aliphatic carbocycles. The first-order valence-electron chi connectivity index (χ1n) is 6.23. The first-order valence-corrected chi connectivity index (χ1v) is 7.02. The molecule has 1 aromatic carbocycles. The van der Waals surface area contributed by atoms with E-state index < -0.39 is 0 Å². The minimum Gasteiger partial charge on any atom is -0.395 e. The molecular formula is C15H17BrN2O. The van der Waals surface area contributed by atoms with Crippen LogP contribution in [0.15, 0.2) is 47.1 Å². The van der Waals surface area contributed by atoms with Crippen LogP contribution in [0.5, 0.6) is 0 Å². The van der Waals surface area contributed by atoms with Crippen LogP contribution in [0.3, 0.4) is 0 Å². The van der Waals surface area contributed by atoms with Gasteiger partial charge < -0.3 is 10.0 Å². The second-order valence-electron chi connectivity index (χ2n) is 4.40. The van der Waals surface area contributed by atoms with Crippen LogP contribution in [-0.2, 0) is 6.54 Å². The number of aliphatic hydroxyl groups is 1. The van der Waals surface area contributed by atoms with Gasteiger partial charge in [-0.15, -0.1) is 0 Å². The normalized spacial score (nSPS) is 10.5. The molecule has 4 heteroatoms. The van der Waals surface area contributed by atoms with Crippen molar-refractivity contribution in [3.8, 4) is 0 Å². The van der Waals surface area contributed by atoms with Crippen LogP contribution in [-0.4, -0.2) is 23.2 Å². The fourth-order valence-corrected chi connectivity index (χ4v) is 2.42. The van der Waals surface area contributed by atoms with Gasteiger partial charge in [-0.1, -0.05) is 30.3 Å². The van der Waals surface area contributed by atoms with Gasteiger partial charge in [-0.05, 0) is 40.0 Å². The van der Waals surface area contributed by atoms with Gasteiger partial charge in [-0.25, -0.2) is 4.98 Å². The zero-order valence-electron chi connectivity index (χ0n) is 10.9. The molecule has 0 atom stereocenters. The Morgan fingerprint density at radius 1 is 1.21 bits per heavy atom. The Balaban J connectivity index is 2.27. The van der Waals surface area contributed by atoms with Crippen LogP contribution in [0, 0.1) is 6.92 Å². The molecule has 0 fully saturated rings. The molecule has 1 aromatic heterocycles. The predicted octanol–water partition coefficient (Wildman–Crippen LogP) is 3.15. The van der Waals surface area contributed by atoms with Crippen molar-refractivity contribution in [1.29, 1.82) is 0 Å². The fraction of sp³-hybridized carbons (Fsp3) is 0.267. The van der Waals surface area contributed by atoms with Crippen molar-refractivity contribution >= 4 is 21.7 Å². The van der Waals surface area contributed by atoms with E-state index >= 15 is 0 Å². The Labute approximate surface area is 122 Å². The average molecular weight is 321 g/mol. The summed E-state index contributed by atoms with van der Waals surface area (Å²) < 4.78 is 0.986. The van der Waals surface area contributed by atoms with E-state index in [2.05, 4.69) is 37.9 Å². The molecule has 0 saturated heterocycles. The monoisotopic (exact) mass is 320 g/mol. The van der Waals surface area contributed by atoms with Crippen LogP contribution in [0.2, 0.25) is 0 Å². The zero-order valence-corrected chi connectivity index (χ0v) is 12.5. The lowest BCUT2D eigenvalue weighted by molar-refractivity contribution is 0.301. The van der Waals surface area contributed by atoms with Crippen LogP contribution in [0.25, 0.3) is 0 Å². The second-order valence-corrected chi connectivity index (χ2v) is 5.19. The number of benzene rings is 1. The molecule has 3 nitrogen and oxygen atoms in total. The number of aliphatic hydroxyl groups excluding tert-OH is 1. The van der Waals surface area contributed by atoms with Gasteiger partial charge in [0.1, 0.15) is 5.82 Å². The summed E-state index contributed by atoms with van der Waals surface area (Å²) in [7, 11) is 0. The van der Waals surface area contributed by atoms with Gasteiger partial charge in [0, 0.05) is 19.3 Å². The van der Waals surface area contributed by atoms with E-state index in [1.54, 1.807) is 6.20 Å². The highest BCUT2D eigenvalue weighted by atomic mass is 79.9. The number of aryl methyl sites for hydroxylation is 1. The molecule has 0 amide bonds. The SMILES string of the molecule is Cc1ccnc(N(CCO)Cc2ccccc2)c1Br. The molecule has 0 radical (unpaired) electrons. The molecule has 2 rings (SSSR count). The van der Waals surface area contributed by atoms with Crippen LogP contribution in [0.1, 0.15) is 11.1 Å². The number of halogens is 1. The quantitative estimate of drug-likeness (QED) is 0.919. The maximum absolute atomic E-state index is 9.25. The molecule has 0 aliphatic heterocycles. The molecule has 0 unspecified atom stereocenters. The van der Waals surface area contributed by atoms with Crippen LogP contribution in [0.4, 0.5) is 5.82 Å². The Kier molecular flexibility index (Phi) is 4.93. The van der Waals surface area contributed by atoms with Crippen molar-refractivity contribution in [3.05, 3.63) is 58.2 Å². The maximum Gasteiger partial charge on any atom is 0.143 e. The van der Waals surface area contributed by atoms with E-state index in [-0.39, 0.29) is 6.61 Å². The Morgan fingerprint density at radius 2 is 1.95 bits per heavy atom. The van der Waals surface area contributed by atoms with E-state index in [0.717, 1.165) is 22.4 Å². The number of nitrogens with zero attached hydrogens (tertiary/aromatic N) is 2. The van der Waals surface area contributed by atoms with Gasteiger partial charge in [0.05, 0.1) is 11.1 Å². The van der Waals surface area contributed by atoms with Crippen LogP contribution >= 0.6 is 15.9 Å². The van der Waals surface area contributed by atoms with E-state index in [0.29, 0.717) is 6.54 Å². The molecule has 1 heterocycles.